The summed E-state index contributed by atoms with van der Waals surface area (Å²) >= 11 is 0. The van der Waals surface area contributed by atoms with E-state index in [-0.39, 0.29) is 11.9 Å². The molecule has 0 bridgehead atoms. The molecular weight excluding hydrogens is 346 g/mol. The molecule has 1 unspecified atom stereocenters. The summed E-state index contributed by atoms with van der Waals surface area (Å²) in [5.74, 6) is 2.93. The van der Waals surface area contributed by atoms with Crippen LogP contribution in [0, 0.1) is 5.92 Å². The molecule has 6 nitrogen and oxygen atoms in total. The molecule has 0 saturated heterocycles. The third-order valence-electron chi connectivity index (χ3n) is 4.95. The highest BCUT2D eigenvalue weighted by Gasteiger charge is 2.34. The molecule has 0 spiro atoms. The molecule has 1 saturated carbocycles. The fourth-order valence-electron chi connectivity index (χ4n) is 3.36. The number of carbonyl (C=O) groups is 1. The number of nitrogens with one attached hydrogen (secondary N) is 1. The summed E-state index contributed by atoms with van der Waals surface area (Å²) in [5, 5.41) is 3.18. The Morgan fingerprint density at radius 1 is 1.00 bits per heavy atom. The lowest BCUT2D eigenvalue weighted by Crippen LogP contribution is -2.30. The van der Waals surface area contributed by atoms with E-state index >= 15 is 0 Å². The van der Waals surface area contributed by atoms with Crippen molar-refractivity contribution in [3.8, 4) is 23.0 Å². The number of rotatable bonds is 6. The molecule has 4 rings (SSSR count). The molecule has 27 heavy (non-hydrogen) atoms. The van der Waals surface area contributed by atoms with E-state index in [0.29, 0.717) is 36.2 Å². The number of carbonyl (C=O) groups excluding carboxylic acids is 1. The van der Waals surface area contributed by atoms with Crippen molar-refractivity contribution in [2.45, 2.75) is 18.9 Å². The fourth-order valence-corrected chi connectivity index (χ4v) is 3.36. The lowest BCUT2D eigenvalue weighted by molar-refractivity contribution is 0.0931. The zero-order chi connectivity index (χ0) is 18.8. The van der Waals surface area contributed by atoms with Gasteiger partial charge in [-0.15, -0.1) is 0 Å². The molecule has 1 N–H and O–H groups in total. The smallest absolute Gasteiger partial charge is 0.251 e. The average Bonchev–Trinajstić information content (AvgIpc) is 3.56. The SMILES string of the molecule is COc1ccc(C(=O)NC(c2ccc3c(c2)OCCO3)C2CC2)cc1OC. The minimum atomic E-state index is -0.136. The minimum Gasteiger partial charge on any atom is -0.493 e. The minimum absolute atomic E-state index is 0.0542. The molecule has 6 heteroatoms. The van der Waals surface area contributed by atoms with E-state index in [4.69, 9.17) is 18.9 Å². The molecule has 1 fully saturated rings. The van der Waals surface area contributed by atoms with Gasteiger partial charge in [0.2, 0.25) is 0 Å². The molecule has 1 aliphatic heterocycles. The van der Waals surface area contributed by atoms with Crippen molar-refractivity contribution in [2.75, 3.05) is 27.4 Å². The van der Waals surface area contributed by atoms with Gasteiger partial charge < -0.3 is 24.3 Å². The van der Waals surface area contributed by atoms with Crippen molar-refractivity contribution < 1.29 is 23.7 Å². The van der Waals surface area contributed by atoms with Crippen LogP contribution < -0.4 is 24.3 Å². The van der Waals surface area contributed by atoms with E-state index in [9.17, 15) is 4.79 Å². The van der Waals surface area contributed by atoms with Crippen LogP contribution in [0.5, 0.6) is 23.0 Å². The molecular formula is C21H23NO5. The number of benzene rings is 2. The lowest BCUT2D eigenvalue weighted by atomic mass is 10.0. The second kappa shape index (κ2) is 7.39. The maximum Gasteiger partial charge on any atom is 0.251 e. The van der Waals surface area contributed by atoms with Gasteiger partial charge in [-0.25, -0.2) is 0 Å². The highest BCUT2D eigenvalue weighted by molar-refractivity contribution is 5.95. The van der Waals surface area contributed by atoms with Gasteiger partial charge in [0.15, 0.2) is 23.0 Å². The van der Waals surface area contributed by atoms with Crippen LogP contribution in [0.2, 0.25) is 0 Å². The van der Waals surface area contributed by atoms with Gasteiger partial charge in [0.05, 0.1) is 20.3 Å². The summed E-state index contributed by atoms with van der Waals surface area (Å²) in [6.45, 7) is 1.11. The highest BCUT2D eigenvalue weighted by Crippen LogP contribution is 2.43. The topological polar surface area (TPSA) is 66.0 Å². The Kier molecular flexibility index (Phi) is 4.79. The first-order valence-corrected chi connectivity index (χ1v) is 9.12. The largest absolute Gasteiger partial charge is 0.493 e. The molecule has 0 radical (unpaired) electrons. The fraction of sp³-hybridized carbons (Fsp3) is 0.381. The summed E-state index contributed by atoms with van der Waals surface area (Å²) in [6.07, 6.45) is 2.21. The van der Waals surface area contributed by atoms with Crippen LogP contribution in [0.4, 0.5) is 0 Å². The molecule has 0 aromatic heterocycles. The van der Waals surface area contributed by atoms with Crippen molar-refractivity contribution in [2.24, 2.45) is 5.92 Å². The lowest BCUT2D eigenvalue weighted by Gasteiger charge is -2.23. The average molecular weight is 369 g/mol. The molecule has 142 valence electrons. The first-order valence-electron chi connectivity index (χ1n) is 9.12. The number of hydrogen-bond donors (Lipinski definition) is 1. The molecule has 1 heterocycles. The van der Waals surface area contributed by atoms with Gasteiger partial charge in [-0.3, -0.25) is 4.79 Å². The quantitative estimate of drug-likeness (QED) is 0.846. The first-order chi connectivity index (χ1) is 13.2. The van der Waals surface area contributed by atoms with Crippen molar-refractivity contribution in [3.63, 3.8) is 0 Å². The van der Waals surface area contributed by atoms with E-state index in [0.717, 1.165) is 29.9 Å². The predicted molar refractivity (Wildman–Crippen MR) is 99.9 cm³/mol. The zero-order valence-corrected chi connectivity index (χ0v) is 15.5. The maximum absolute atomic E-state index is 12.9. The second-order valence-corrected chi connectivity index (χ2v) is 6.76. The highest BCUT2D eigenvalue weighted by atomic mass is 16.6. The van der Waals surface area contributed by atoms with E-state index in [1.54, 1.807) is 32.4 Å². The van der Waals surface area contributed by atoms with Crippen molar-refractivity contribution >= 4 is 5.91 Å². The van der Waals surface area contributed by atoms with Crippen molar-refractivity contribution in [3.05, 3.63) is 47.5 Å². The van der Waals surface area contributed by atoms with Crippen LogP contribution in [0.1, 0.15) is 34.8 Å². The Bertz CT molecular complexity index is 846. The normalized spacial score (nSPS) is 16.4. The summed E-state index contributed by atoms with van der Waals surface area (Å²) in [5.41, 5.74) is 1.58. The standard InChI is InChI=1S/C21H23NO5/c1-24-16-7-6-15(12-18(16)25-2)21(23)22-20(13-3-4-13)14-5-8-17-19(11-14)27-10-9-26-17/h5-8,11-13,20H,3-4,9-10H2,1-2H3,(H,22,23). The Morgan fingerprint density at radius 3 is 2.44 bits per heavy atom. The van der Waals surface area contributed by atoms with Crippen LogP contribution in [0.3, 0.4) is 0 Å². The van der Waals surface area contributed by atoms with E-state index < -0.39 is 0 Å². The van der Waals surface area contributed by atoms with E-state index in [1.807, 2.05) is 18.2 Å². The summed E-state index contributed by atoms with van der Waals surface area (Å²) in [4.78, 5) is 12.9. The molecule has 2 aliphatic rings. The van der Waals surface area contributed by atoms with Gasteiger partial charge in [-0.2, -0.15) is 0 Å². The van der Waals surface area contributed by atoms with Gasteiger partial charge in [-0.1, -0.05) is 6.07 Å². The van der Waals surface area contributed by atoms with Gasteiger partial charge in [0, 0.05) is 5.56 Å². The molecule has 1 atom stereocenters. The van der Waals surface area contributed by atoms with Gasteiger partial charge in [-0.05, 0) is 54.7 Å². The monoisotopic (exact) mass is 369 g/mol. The molecule has 2 aromatic rings. The molecule has 1 amide bonds. The molecule has 2 aromatic carbocycles. The number of fused-ring (bicyclic) bond motifs is 1. The Balaban J connectivity index is 1.56. The van der Waals surface area contributed by atoms with Gasteiger partial charge in [0.25, 0.3) is 5.91 Å². The van der Waals surface area contributed by atoms with Gasteiger partial charge in [0.1, 0.15) is 13.2 Å². The number of methoxy groups -OCH3 is 2. The van der Waals surface area contributed by atoms with E-state index in [2.05, 4.69) is 5.32 Å². The predicted octanol–water partition coefficient (Wildman–Crippen LogP) is 3.36. The Labute approximate surface area is 158 Å². The maximum atomic E-state index is 12.9. The second-order valence-electron chi connectivity index (χ2n) is 6.76. The first kappa shape index (κ1) is 17.5. The number of ether oxygens (including phenoxy) is 4. The Hall–Kier alpha value is -2.89. The van der Waals surface area contributed by atoms with Crippen molar-refractivity contribution in [1.29, 1.82) is 0 Å². The summed E-state index contributed by atoms with van der Waals surface area (Å²) in [6, 6.07) is 11.0. The zero-order valence-electron chi connectivity index (χ0n) is 15.5. The van der Waals surface area contributed by atoms with Crippen molar-refractivity contribution in [1.82, 2.24) is 5.32 Å². The van der Waals surface area contributed by atoms with Crippen LogP contribution >= 0.6 is 0 Å². The number of amides is 1. The van der Waals surface area contributed by atoms with E-state index in [1.165, 1.54) is 0 Å². The number of hydrogen-bond acceptors (Lipinski definition) is 5. The molecule has 1 aliphatic carbocycles. The third kappa shape index (κ3) is 3.65. The summed E-state index contributed by atoms with van der Waals surface area (Å²) in [7, 11) is 3.13. The van der Waals surface area contributed by atoms with Crippen LogP contribution in [0.15, 0.2) is 36.4 Å². The third-order valence-corrected chi connectivity index (χ3v) is 4.95. The Morgan fingerprint density at radius 2 is 1.74 bits per heavy atom. The van der Waals surface area contributed by atoms with Crippen LogP contribution in [-0.4, -0.2) is 33.3 Å². The van der Waals surface area contributed by atoms with Crippen LogP contribution in [-0.2, 0) is 0 Å². The van der Waals surface area contributed by atoms with Gasteiger partial charge >= 0.3 is 0 Å². The summed E-state index contributed by atoms with van der Waals surface area (Å²) < 4.78 is 21.8. The van der Waals surface area contributed by atoms with Crippen LogP contribution in [0.25, 0.3) is 0 Å².